The van der Waals surface area contributed by atoms with Crippen molar-refractivity contribution >= 4 is 5.82 Å². The predicted molar refractivity (Wildman–Crippen MR) is 82.8 cm³/mol. The molecule has 5 heteroatoms. The van der Waals surface area contributed by atoms with Crippen LogP contribution in [0.2, 0.25) is 0 Å². The Hall–Kier alpha value is -2.45. The monoisotopic (exact) mass is 296 g/mol. The number of hydrogen-bond donors (Lipinski definition) is 0. The minimum Gasteiger partial charge on any atom is -0.353 e. The second kappa shape index (κ2) is 6.54. The first-order valence-electron chi connectivity index (χ1n) is 7.34. The standard InChI is InChI=1S/C17H17FN4/c18-16-6-2-1-4-15(16)13-21-8-10-22(11-9-21)17-14(12-19)5-3-7-20-17/h1-7H,8-11,13H2. The van der Waals surface area contributed by atoms with E-state index in [0.717, 1.165) is 37.6 Å². The summed E-state index contributed by atoms with van der Waals surface area (Å²) in [5, 5.41) is 9.16. The molecule has 0 amide bonds. The minimum absolute atomic E-state index is 0.151. The Morgan fingerprint density at radius 2 is 1.86 bits per heavy atom. The van der Waals surface area contributed by atoms with Crippen LogP contribution in [-0.4, -0.2) is 36.1 Å². The van der Waals surface area contributed by atoms with Gasteiger partial charge in [-0.1, -0.05) is 18.2 Å². The van der Waals surface area contributed by atoms with E-state index in [9.17, 15) is 4.39 Å². The number of aromatic nitrogens is 1. The van der Waals surface area contributed by atoms with E-state index in [1.165, 1.54) is 6.07 Å². The number of pyridine rings is 1. The number of rotatable bonds is 3. The van der Waals surface area contributed by atoms with E-state index >= 15 is 0 Å². The predicted octanol–water partition coefficient (Wildman–Crippen LogP) is 2.41. The van der Waals surface area contributed by atoms with E-state index in [0.29, 0.717) is 12.1 Å². The van der Waals surface area contributed by atoms with E-state index in [1.807, 2.05) is 12.1 Å². The largest absolute Gasteiger partial charge is 0.353 e. The second-order valence-electron chi connectivity index (χ2n) is 5.34. The number of anilines is 1. The third-order valence-corrected chi connectivity index (χ3v) is 3.93. The van der Waals surface area contributed by atoms with Gasteiger partial charge in [-0.05, 0) is 18.2 Å². The number of piperazine rings is 1. The fourth-order valence-electron chi connectivity index (χ4n) is 2.72. The fourth-order valence-corrected chi connectivity index (χ4v) is 2.72. The molecule has 112 valence electrons. The third kappa shape index (κ3) is 3.07. The summed E-state index contributed by atoms with van der Waals surface area (Å²) in [5.41, 5.74) is 1.33. The van der Waals surface area contributed by atoms with Crippen LogP contribution >= 0.6 is 0 Å². The molecule has 0 bridgehead atoms. The van der Waals surface area contributed by atoms with Crippen molar-refractivity contribution in [3.63, 3.8) is 0 Å². The van der Waals surface area contributed by atoms with Crippen molar-refractivity contribution in [1.82, 2.24) is 9.88 Å². The van der Waals surface area contributed by atoms with Crippen LogP contribution in [0, 0.1) is 17.1 Å². The van der Waals surface area contributed by atoms with Crippen LogP contribution in [-0.2, 0) is 6.54 Å². The van der Waals surface area contributed by atoms with Crippen LogP contribution < -0.4 is 4.90 Å². The van der Waals surface area contributed by atoms with Crippen LogP contribution in [0.4, 0.5) is 10.2 Å². The van der Waals surface area contributed by atoms with Gasteiger partial charge in [0.25, 0.3) is 0 Å². The number of halogens is 1. The zero-order chi connectivity index (χ0) is 15.4. The van der Waals surface area contributed by atoms with Gasteiger partial charge in [-0.2, -0.15) is 5.26 Å². The zero-order valence-electron chi connectivity index (χ0n) is 12.2. The normalized spacial score (nSPS) is 15.5. The summed E-state index contributed by atoms with van der Waals surface area (Å²) < 4.78 is 13.7. The van der Waals surface area contributed by atoms with E-state index in [4.69, 9.17) is 5.26 Å². The highest BCUT2D eigenvalue weighted by molar-refractivity contribution is 5.53. The zero-order valence-corrected chi connectivity index (χ0v) is 12.2. The van der Waals surface area contributed by atoms with Crippen LogP contribution in [0.3, 0.4) is 0 Å². The first kappa shape index (κ1) is 14.5. The lowest BCUT2D eigenvalue weighted by molar-refractivity contribution is 0.246. The van der Waals surface area contributed by atoms with Crippen molar-refractivity contribution in [1.29, 1.82) is 5.26 Å². The summed E-state index contributed by atoms with van der Waals surface area (Å²) in [7, 11) is 0. The molecule has 22 heavy (non-hydrogen) atoms. The molecule has 1 aliphatic heterocycles. The van der Waals surface area contributed by atoms with Crippen molar-refractivity contribution in [3.05, 3.63) is 59.5 Å². The molecule has 2 heterocycles. The van der Waals surface area contributed by atoms with Crippen LogP contribution in [0.15, 0.2) is 42.6 Å². The molecule has 0 aliphatic carbocycles. The molecule has 4 nitrogen and oxygen atoms in total. The molecule has 1 aliphatic rings. The topological polar surface area (TPSA) is 43.2 Å². The molecule has 0 N–H and O–H groups in total. The molecule has 1 aromatic carbocycles. The highest BCUT2D eigenvalue weighted by atomic mass is 19.1. The van der Waals surface area contributed by atoms with Gasteiger partial charge in [-0.15, -0.1) is 0 Å². The molecule has 0 unspecified atom stereocenters. The van der Waals surface area contributed by atoms with Crippen LogP contribution in [0.5, 0.6) is 0 Å². The molecular formula is C17H17FN4. The summed E-state index contributed by atoms with van der Waals surface area (Å²) in [4.78, 5) is 8.67. The lowest BCUT2D eigenvalue weighted by atomic mass is 10.1. The highest BCUT2D eigenvalue weighted by Gasteiger charge is 2.20. The summed E-state index contributed by atoms with van der Waals surface area (Å²) in [6.07, 6.45) is 1.71. The lowest BCUT2D eigenvalue weighted by Crippen LogP contribution is -2.46. The Morgan fingerprint density at radius 3 is 2.59 bits per heavy atom. The Kier molecular flexibility index (Phi) is 4.31. The Bertz CT molecular complexity index is 687. The van der Waals surface area contributed by atoms with Gasteiger partial charge < -0.3 is 4.90 Å². The number of nitrogens with zero attached hydrogens (tertiary/aromatic N) is 4. The summed E-state index contributed by atoms with van der Waals surface area (Å²) >= 11 is 0. The molecule has 1 saturated heterocycles. The van der Waals surface area contributed by atoms with Crippen LogP contribution in [0.25, 0.3) is 0 Å². The lowest BCUT2D eigenvalue weighted by Gasteiger charge is -2.35. The van der Waals surface area contributed by atoms with Gasteiger partial charge in [-0.3, -0.25) is 4.90 Å². The van der Waals surface area contributed by atoms with E-state index < -0.39 is 0 Å². The third-order valence-electron chi connectivity index (χ3n) is 3.93. The van der Waals surface area contributed by atoms with Gasteiger partial charge in [-0.25, -0.2) is 9.37 Å². The van der Waals surface area contributed by atoms with Gasteiger partial charge in [0.1, 0.15) is 17.7 Å². The maximum atomic E-state index is 13.7. The molecule has 0 saturated carbocycles. The first-order valence-corrected chi connectivity index (χ1v) is 7.34. The Balaban J connectivity index is 1.63. The van der Waals surface area contributed by atoms with Crippen LogP contribution in [0.1, 0.15) is 11.1 Å². The smallest absolute Gasteiger partial charge is 0.146 e. The average molecular weight is 296 g/mol. The molecule has 0 atom stereocenters. The van der Waals surface area contributed by atoms with E-state index in [2.05, 4.69) is 20.9 Å². The SMILES string of the molecule is N#Cc1cccnc1N1CCN(Cc2ccccc2F)CC1. The highest BCUT2D eigenvalue weighted by Crippen LogP contribution is 2.19. The van der Waals surface area contributed by atoms with Crippen molar-refractivity contribution in [3.8, 4) is 6.07 Å². The molecule has 1 fully saturated rings. The summed E-state index contributed by atoms with van der Waals surface area (Å²) in [6, 6.07) is 12.6. The Morgan fingerprint density at radius 1 is 1.09 bits per heavy atom. The number of benzene rings is 1. The summed E-state index contributed by atoms with van der Waals surface area (Å²) in [5.74, 6) is 0.594. The van der Waals surface area contributed by atoms with E-state index in [-0.39, 0.29) is 5.82 Å². The van der Waals surface area contributed by atoms with Crippen molar-refractivity contribution in [2.24, 2.45) is 0 Å². The molecule has 0 spiro atoms. The van der Waals surface area contributed by atoms with Crippen molar-refractivity contribution in [2.45, 2.75) is 6.54 Å². The van der Waals surface area contributed by atoms with Gasteiger partial charge >= 0.3 is 0 Å². The molecular weight excluding hydrogens is 279 g/mol. The quantitative estimate of drug-likeness (QED) is 0.872. The molecule has 1 aromatic heterocycles. The van der Waals surface area contributed by atoms with Gasteiger partial charge in [0.2, 0.25) is 0 Å². The first-order chi connectivity index (χ1) is 10.8. The maximum Gasteiger partial charge on any atom is 0.146 e. The van der Waals surface area contributed by atoms with Gasteiger partial charge in [0.15, 0.2) is 0 Å². The Labute approximate surface area is 129 Å². The minimum atomic E-state index is -0.151. The number of nitriles is 1. The fraction of sp³-hybridized carbons (Fsp3) is 0.294. The van der Waals surface area contributed by atoms with Gasteiger partial charge in [0.05, 0.1) is 5.56 Å². The maximum absolute atomic E-state index is 13.7. The molecule has 0 radical (unpaired) electrons. The molecule has 2 aromatic rings. The van der Waals surface area contributed by atoms with Crippen molar-refractivity contribution in [2.75, 3.05) is 31.1 Å². The van der Waals surface area contributed by atoms with Crippen molar-refractivity contribution < 1.29 is 4.39 Å². The second-order valence-corrected chi connectivity index (χ2v) is 5.34. The number of hydrogen-bond acceptors (Lipinski definition) is 4. The summed E-state index contributed by atoms with van der Waals surface area (Å²) in [6.45, 7) is 3.86. The van der Waals surface area contributed by atoms with Gasteiger partial charge in [0, 0.05) is 44.5 Å². The molecule has 3 rings (SSSR count). The average Bonchev–Trinajstić information content (AvgIpc) is 2.58. The van der Waals surface area contributed by atoms with E-state index in [1.54, 1.807) is 24.4 Å².